The third-order valence-electron chi connectivity index (χ3n) is 5.25. The molecule has 0 aliphatic carbocycles. The molecule has 1 N–H and O–H groups in total. The molecule has 0 heterocycles. The van der Waals surface area contributed by atoms with Crippen LogP contribution < -0.4 is 8.92 Å². The lowest BCUT2D eigenvalue weighted by Gasteiger charge is -2.16. The zero-order valence-corrected chi connectivity index (χ0v) is 20.7. The first-order chi connectivity index (χ1) is 16.7. The van der Waals surface area contributed by atoms with Crippen LogP contribution >= 0.6 is 0 Å². The van der Waals surface area contributed by atoms with E-state index in [1.165, 1.54) is 0 Å². The number of rotatable bonds is 13. The first-order valence-electron chi connectivity index (χ1n) is 11.3. The number of carbonyl (C=O) groups is 1. The zero-order chi connectivity index (χ0) is 25.3. The number of hydrogen-bond acceptors (Lipinski definition) is 6. The Bertz CT molecular complexity index is 1210. The van der Waals surface area contributed by atoms with E-state index in [1.807, 2.05) is 48.5 Å². The van der Waals surface area contributed by atoms with Gasteiger partial charge in [-0.1, -0.05) is 54.6 Å². The SMILES string of the molecule is CCO[C@H](Cc1ccc(OCCc2ccc(OS(C)(=O)=O)cc2)c(Cc2ccccc2)c1)C(=O)O. The molecule has 7 nitrogen and oxygen atoms in total. The highest BCUT2D eigenvalue weighted by molar-refractivity contribution is 7.86. The van der Waals surface area contributed by atoms with E-state index in [4.69, 9.17) is 13.7 Å². The number of carboxylic acid groups (broad SMARTS) is 1. The average molecular weight is 499 g/mol. The first kappa shape index (κ1) is 26.2. The number of ether oxygens (including phenoxy) is 2. The van der Waals surface area contributed by atoms with Crippen molar-refractivity contribution < 1.29 is 32.0 Å². The van der Waals surface area contributed by atoms with Gasteiger partial charge in [-0.25, -0.2) is 4.79 Å². The Morgan fingerprint density at radius 3 is 2.26 bits per heavy atom. The lowest BCUT2D eigenvalue weighted by atomic mass is 9.99. The fraction of sp³-hybridized carbons (Fsp3) is 0.296. The third kappa shape index (κ3) is 8.73. The van der Waals surface area contributed by atoms with E-state index < -0.39 is 22.2 Å². The van der Waals surface area contributed by atoms with Crippen molar-refractivity contribution in [2.45, 2.75) is 32.3 Å². The van der Waals surface area contributed by atoms with Crippen LogP contribution in [0.5, 0.6) is 11.5 Å². The fourth-order valence-electron chi connectivity index (χ4n) is 3.65. The van der Waals surface area contributed by atoms with Crippen molar-refractivity contribution in [1.82, 2.24) is 0 Å². The molecule has 0 bridgehead atoms. The van der Waals surface area contributed by atoms with Gasteiger partial charge in [0.1, 0.15) is 11.5 Å². The quantitative estimate of drug-likeness (QED) is 0.351. The predicted octanol–water partition coefficient (Wildman–Crippen LogP) is 4.27. The number of hydrogen-bond donors (Lipinski definition) is 1. The fourth-order valence-corrected chi connectivity index (χ4v) is 4.11. The van der Waals surface area contributed by atoms with E-state index in [1.54, 1.807) is 31.2 Å². The van der Waals surface area contributed by atoms with Crippen molar-refractivity contribution in [2.75, 3.05) is 19.5 Å². The molecule has 0 amide bonds. The van der Waals surface area contributed by atoms with Gasteiger partial charge in [-0.05, 0) is 47.4 Å². The number of carboxylic acids is 1. The van der Waals surface area contributed by atoms with E-state index in [0.717, 1.165) is 34.3 Å². The minimum Gasteiger partial charge on any atom is -0.493 e. The van der Waals surface area contributed by atoms with Gasteiger partial charge in [0.2, 0.25) is 0 Å². The van der Waals surface area contributed by atoms with Crippen molar-refractivity contribution in [3.05, 3.63) is 95.1 Å². The molecule has 0 aliphatic heterocycles. The highest BCUT2D eigenvalue weighted by Gasteiger charge is 2.19. The molecule has 186 valence electrons. The van der Waals surface area contributed by atoms with E-state index in [2.05, 4.69) is 0 Å². The molecule has 0 spiro atoms. The lowest BCUT2D eigenvalue weighted by molar-refractivity contribution is -0.149. The predicted molar refractivity (Wildman–Crippen MR) is 134 cm³/mol. The highest BCUT2D eigenvalue weighted by atomic mass is 32.2. The average Bonchev–Trinajstić information content (AvgIpc) is 2.81. The van der Waals surface area contributed by atoms with E-state index in [0.29, 0.717) is 26.1 Å². The van der Waals surface area contributed by atoms with Crippen LogP contribution in [0, 0.1) is 0 Å². The number of aliphatic carboxylic acids is 1. The van der Waals surface area contributed by atoms with Crippen LogP contribution in [0.1, 0.15) is 29.2 Å². The normalized spacial score (nSPS) is 12.2. The molecular formula is C27H30O7S. The minimum absolute atomic E-state index is 0.268. The van der Waals surface area contributed by atoms with E-state index in [-0.39, 0.29) is 12.2 Å². The second kappa shape index (κ2) is 12.4. The van der Waals surface area contributed by atoms with Gasteiger partial charge in [-0.15, -0.1) is 0 Å². The van der Waals surface area contributed by atoms with Gasteiger partial charge in [0.15, 0.2) is 6.10 Å². The van der Waals surface area contributed by atoms with Gasteiger partial charge in [0.25, 0.3) is 0 Å². The summed E-state index contributed by atoms with van der Waals surface area (Å²) in [6.07, 6.45) is 1.65. The van der Waals surface area contributed by atoms with Crippen LogP contribution in [0.4, 0.5) is 0 Å². The van der Waals surface area contributed by atoms with Crippen LogP contribution in [0.15, 0.2) is 72.8 Å². The Balaban J connectivity index is 1.71. The van der Waals surface area contributed by atoms with Gasteiger partial charge in [-0.2, -0.15) is 8.42 Å². The second-order valence-corrected chi connectivity index (χ2v) is 9.70. The van der Waals surface area contributed by atoms with E-state index >= 15 is 0 Å². The Labute approximate surface area is 206 Å². The molecule has 3 aromatic rings. The minimum atomic E-state index is -3.56. The van der Waals surface area contributed by atoms with Crippen LogP contribution in [-0.2, 0) is 38.9 Å². The molecule has 35 heavy (non-hydrogen) atoms. The van der Waals surface area contributed by atoms with Crippen molar-refractivity contribution in [3.63, 3.8) is 0 Å². The van der Waals surface area contributed by atoms with Gasteiger partial charge < -0.3 is 18.8 Å². The molecular weight excluding hydrogens is 468 g/mol. The van der Waals surface area contributed by atoms with Crippen LogP contribution in [-0.4, -0.2) is 45.1 Å². The molecule has 8 heteroatoms. The zero-order valence-electron chi connectivity index (χ0n) is 19.8. The molecule has 3 aromatic carbocycles. The molecule has 0 aromatic heterocycles. The monoisotopic (exact) mass is 498 g/mol. The molecule has 0 radical (unpaired) electrons. The maximum Gasteiger partial charge on any atom is 0.333 e. The van der Waals surface area contributed by atoms with Crippen LogP contribution in [0.3, 0.4) is 0 Å². The Hall–Kier alpha value is -3.36. The highest BCUT2D eigenvalue weighted by Crippen LogP contribution is 2.25. The van der Waals surface area contributed by atoms with Gasteiger partial charge in [-0.3, -0.25) is 0 Å². The maximum atomic E-state index is 11.5. The largest absolute Gasteiger partial charge is 0.493 e. The van der Waals surface area contributed by atoms with Crippen molar-refractivity contribution in [1.29, 1.82) is 0 Å². The van der Waals surface area contributed by atoms with Crippen molar-refractivity contribution in [2.24, 2.45) is 0 Å². The van der Waals surface area contributed by atoms with Gasteiger partial charge >= 0.3 is 16.1 Å². The lowest BCUT2D eigenvalue weighted by Crippen LogP contribution is -2.26. The molecule has 1 atom stereocenters. The summed E-state index contributed by atoms with van der Waals surface area (Å²) in [5.41, 5.74) is 3.93. The number of benzene rings is 3. The summed E-state index contributed by atoms with van der Waals surface area (Å²) < 4.78 is 38.8. The van der Waals surface area contributed by atoms with Crippen LogP contribution in [0.25, 0.3) is 0 Å². The topological polar surface area (TPSA) is 99.1 Å². The smallest absolute Gasteiger partial charge is 0.333 e. The molecule has 0 aliphatic rings. The van der Waals surface area contributed by atoms with Crippen molar-refractivity contribution in [3.8, 4) is 11.5 Å². The summed E-state index contributed by atoms with van der Waals surface area (Å²) in [5, 5.41) is 9.43. The first-order valence-corrected chi connectivity index (χ1v) is 13.2. The molecule has 0 unspecified atom stereocenters. The van der Waals surface area contributed by atoms with Gasteiger partial charge in [0, 0.05) is 25.9 Å². The Kier molecular flexibility index (Phi) is 9.28. The summed E-state index contributed by atoms with van der Waals surface area (Å²) in [4.78, 5) is 11.5. The maximum absolute atomic E-state index is 11.5. The summed E-state index contributed by atoms with van der Waals surface area (Å²) in [5.74, 6) is 0.0206. The Morgan fingerprint density at radius 2 is 1.63 bits per heavy atom. The summed E-state index contributed by atoms with van der Waals surface area (Å²) in [7, 11) is -3.56. The summed E-state index contributed by atoms with van der Waals surface area (Å²) >= 11 is 0. The third-order valence-corrected chi connectivity index (χ3v) is 5.74. The standard InChI is InChI=1S/C27H30O7S/c1-3-32-26(27(28)29)19-22-11-14-25(23(18-22)17-21-7-5-4-6-8-21)33-16-15-20-9-12-24(13-10-20)34-35(2,30)31/h4-14,18,26H,3,15-17,19H2,1-2H3,(H,28,29)/t26-/m1/s1. The van der Waals surface area contributed by atoms with E-state index in [9.17, 15) is 18.3 Å². The molecule has 0 fully saturated rings. The van der Waals surface area contributed by atoms with Crippen molar-refractivity contribution >= 4 is 16.1 Å². The van der Waals surface area contributed by atoms with Crippen LogP contribution in [0.2, 0.25) is 0 Å². The molecule has 3 rings (SSSR count). The summed E-state index contributed by atoms with van der Waals surface area (Å²) in [6, 6.07) is 22.6. The summed E-state index contributed by atoms with van der Waals surface area (Å²) in [6.45, 7) is 2.53. The molecule has 0 saturated carbocycles. The Morgan fingerprint density at radius 1 is 0.943 bits per heavy atom. The molecule has 0 saturated heterocycles. The van der Waals surface area contributed by atoms with Gasteiger partial charge in [0.05, 0.1) is 12.9 Å². The second-order valence-electron chi connectivity index (χ2n) is 8.12.